The monoisotopic (exact) mass is 320 g/mol. The fourth-order valence-corrected chi connectivity index (χ4v) is 3.91. The summed E-state index contributed by atoms with van der Waals surface area (Å²) in [6.45, 7) is 13.5. The molecule has 0 amide bonds. The third-order valence-electron chi connectivity index (χ3n) is 4.11. The van der Waals surface area contributed by atoms with Gasteiger partial charge in [-0.3, -0.25) is 4.90 Å². The van der Waals surface area contributed by atoms with Gasteiger partial charge in [-0.25, -0.2) is 0 Å². The second kappa shape index (κ2) is 8.13. The summed E-state index contributed by atoms with van der Waals surface area (Å²) in [7, 11) is -1.51. The molecule has 1 fully saturated rings. The molecule has 0 spiro atoms. The molecule has 0 unspecified atom stereocenters. The van der Waals surface area contributed by atoms with E-state index in [1.807, 2.05) is 0 Å². The van der Waals surface area contributed by atoms with Gasteiger partial charge in [0.1, 0.15) is 5.75 Å². The molecule has 0 aromatic heterocycles. The molecule has 1 aliphatic rings. The van der Waals surface area contributed by atoms with Crippen molar-refractivity contribution in [3.8, 4) is 5.75 Å². The number of benzene rings is 1. The number of unbranched alkanes of at least 4 members (excludes halogenated alkanes) is 1. The van der Waals surface area contributed by atoms with Crippen molar-refractivity contribution in [1.82, 2.24) is 10.2 Å². The Morgan fingerprint density at radius 1 is 1.14 bits per heavy atom. The lowest BCUT2D eigenvalue weighted by Crippen LogP contribution is -2.45. The highest BCUT2D eigenvalue weighted by Gasteiger charge is 2.22. The maximum absolute atomic E-state index is 6.08. The quantitative estimate of drug-likeness (QED) is 0.768. The SMILES string of the molecule is CCCC[C@@H](c1ccc(O[Si](C)(C)C)cc1)N1CCNCC1. The summed E-state index contributed by atoms with van der Waals surface area (Å²) in [5, 5.41) is 3.45. The smallest absolute Gasteiger partial charge is 0.242 e. The van der Waals surface area contributed by atoms with Gasteiger partial charge in [-0.05, 0) is 43.8 Å². The lowest BCUT2D eigenvalue weighted by atomic mass is 9.98. The number of hydrogen-bond acceptors (Lipinski definition) is 3. The number of nitrogens with zero attached hydrogens (tertiary/aromatic N) is 1. The van der Waals surface area contributed by atoms with Crippen LogP contribution in [0.2, 0.25) is 19.6 Å². The Kier molecular flexibility index (Phi) is 6.47. The van der Waals surface area contributed by atoms with Crippen molar-refractivity contribution in [3.63, 3.8) is 0 Å². The largest absolute Gasteiger partial charge is 0.544 e. The van der Waals surface area contributed by atoms with E-state index < -0.39 is 8.32 Å². The topological polar surface area (TPSA) is 24.5 Å². The summed E-state index contributed by atoms with van der Waals surface area (Å²) in [5.74, 6) is 1.03. The average molecular weight is 321 g/mol. The first-order valence-electron chi connectivity index (χ1n) is 8.73. The summed E-state index contributed by atoms with van der Waals surface area (Å²) >= 11 is 0. The molecule has 1 aliphatic heterocycles. The van der Waals surface area contributed by atoms with Crippen molar-refractivity contribution in [2.24, 2.45) is 0 Å². The van der Waals surface area contributed by atoms with Gasteiger partial charge in [-0.15, -0.1) is 0 Å². The molecule has 0 bridgehead atoms. The molecule has 1 atom stereocenters. The Bertz CT molecular complexity index is 435. The van der Waals surface area contributed by atoms with Crippen LogP contribution in [-0.4, -0.2) is 39.4 Å². The summed E-state index contributed by atoms with van der Waals surface area (Å²) in [6.07, 6.45) is 3.81. The zero-order valence-electron chi connectivity index (χ0n) is 14.7. The Balaban J connectivity index is 2.09. The van der Waals surface area contributed by atoms with E-state index >= 15 is 0 Å². The first kappa shape index (κ1) is 17.5. The van der Waals surface area contributed by atoms with E-state index in [-0.39, 0.29) is 0 Å². The van der Waals surface area contributed by atoms with E-state index in [0.29, 0.717) is 6.04 Å². The van der Waals surface area contributed by atoms with Gasteiger partial charge in [0, 0.05) is 32.2 Å². The Morgan fingerprint density at radius 2 is 1.77 bits per heavy atom. The van der Waals surface area contributed by atoms with Crippen molar-refractivity contribution in [2.45, 2.75) is 51.9 Å². The summed E-state index contributed by atoms with van der Waals surface area (Å²) < 4.78 is 6.08. The van der Waals surface area contributed by atoms with Crippen molar-refractivity contribution >= 4 is 8.32 Å². The van der Waals surface area contributed by atoms with Crippen LogP contribution in [0.25, 0.3) is 0 Å². The molecule has 2 rings (SSSR count). The van der Waals surface area contributed by atoms with Crippen LogP contribution in [0.15, 0.2) is 24.3 Å². The third kappa shape index (κ3) is 5.41. The maximum atomic E-state index is 6.08. The number of piperazine rings is 1. The molecule has 4 heteroatoms. The number of nitrogens with one attached hydrogen (secondary N) is 1. The van der Waals surface area contributed by atoms with Crippen LogP contribution in [0.5, 0.6) is 5.75 Å². The zero-order chi connectivity index (χ0) is 16.0. The van der Waals surface area contributed by atoms with Crippen LogP contribution in [0.3, 0.4) is 0 Å². The van der Waals surface area contributed by atoms with Crippen LogP contribution in [0.4, 0.5) is 0 Å². The summed E-state index contributed by atoms with van der Waals surface area (Å²) in [4.78, 5) is 2.64. The minimum Gasteiger partial charge on any atom is -0.544 e. The fraction of sp³-hybridized carbons (Fsp3) is 0.667. The molecule has 0 radical (unpaired) electrons. The van der Waals surface area contributed by atoms with E-state index in [1.165, 1.54) is 24.8 Å². The highest BCUT2D eigenvalue weighted by Crippen LogP contribution is 2.28. The summed E-state index contributed by atoms with van der Waals surface area (Å²) in [5.41, 5.74) is 1.44. The molecule has 1 saturated heterocycles. The van der Waals surface area contributed by atoms with Gasteiger partial charge in [0.25, 0.3) is 0 Å². The highest BCUT2D eigenvalue weighted by atomic mass is 28.4. The normalized spacial score (nSPS) is 18.2. The molecule has 1 N–H and O–H groups in total. The van der Waals surface area contributed by atoms with Crippen molar-refractivity contribution < 1.29 is 4.43 Å². The van der Waals surface area contributed by atoms with E-state index in [0.717, 1.165) is 31.9 Å². The third-order valence-corrected chi connectivity index (χ3v) is 4.96. The molecule has 124 valence electrons. The Hall–Kier alpha value is -0.843. The van der Waals surface area contributed by atoms with Crippen LogP contribution < -0.4 is 9.74 Å². The van der Waals surface area contributed by atoms with Crippen LogP contribution >= 0.6 is 0 Å². The standard InChI is InChI=1S/C18H32N2OSi/c1-5-6-7-18(20-14-12-19-13-15-20)16-8-10-17(11-9-16)21-22(2,3)4/h8-11,18-19H,5-7,12-15H2,1-4H3/t18-/m0/s1. The molecule has 1 aromatic carbocycles. The Labute approximate surface area is 137 Å². The molecule has 22 heavy (non-hydrogen) atoms. The number of hydrogen-bond donors (Lipinski definition) is 1. The molecule has 0 saturated carbocycles. The van der Waals surface area contributed by atoms with Gasteiger partial charge >= 0.3 is 0 Å². The maximum Gasteiger partial charge on any atom is 0.242 e. The van der Waals surface area contributed by atoms with Gasteiger partial charge in [-0.2, -0.15) is 0 Å². The van der Waals surface area contributed by atoms with Gasteiger partial charge in [0.15, 0.2) is 0 Å². The summed E-state index contributed by atoms with van der Waals surface area (Å²) in [6, 6.07) is 9.43. The van der Waals surface area contributed by atoms with Gasteiger partial charge in [0.05, 0.1) is 0 Å². The van der Waals surface area contributed by atoms with Crippen molar-refractivity contribution in [3.05, 3.63) is 29.8 Å². The number of rotatable bonds is 7. The second-order valence-electron chi connectivity index (χ2n) is 7.23. The minimum absolute atomic E-state index is 0.558. The van der Waals surface area contributed by atoms with Crippen molar-refractivity contribution in [1.29, 1.82) is 0 Å². The minimum atomic E-state index is -1.51. The highest BCUT2D eigenvalue weighted by molar-refractivity contribution is 6.70. The van der Waals surface area contributed by atoms with Gasteiger partial charge in [-0.1, -0.05) is 31.9 Å². The molecule has 1 heterocycles. The Morgan fingerprint density at radius 3 is 2.32 bits per heavy atom. The van der Waals surface area contributed by atoms with E-state index in [4.69, 9.17) is 4.43 Å². The van der Waals surface area contributed by atoms with E-state index in [1.54, 1.807) is 0 Å². The van der Waals surface area contributed by atoms with E-state index in [9.17, 15) is 0 Å². The van der Waals surface area contributed by atoms with Crippen molar-refractivity contribution in [2.75, 3.05) is 26.2 Å². The van der Waals surface area contributed by atoms with Gasteiger partial charge < -0.3 is 9.74 Å². The molecule has 3 nitrogen and oxygen atoms in total. The van der Waals surface area contributed by atoms with Crippen LogP contribution in [-0.2, 0) is 0 Å². The second-order valence-corrected chi connectivity index (χ2v) is 11.7. The lowest BCUT2D eigenvalue weighted by Gasteiger charge is -2.35. The van der Waals surface area contributed by atoms with Crippen LogP contribution in [0, 0.1) is 0 Å². The average Bonchev–Trinajstić information content (AvgIpc) is 2.49. The first-order valence-corrected chi connectivity index (χ1v) is 12.1. The predicted octanol–water partition coefficient (Wildman–Crippen LogP) is 4.04. The first-order chi connectivity index (χ1) is 10.5. The molecule has 0 aliphatic carbocycles. The lowest BCUT2D eigenvalue weighted by molar-refractivity contribution is 0.163. The zero-order valence-corrected chi connectivity index (χ0v) is 15.7. The molecular weight excluding hydrogens is 288 g/mol. The van der Waals surface area contributed by atoms with Gasteiger partial charge in [0.2, 0.25) is 8.32 Å². The molecular formula is C18H32N2OSi. The van der Waals surface area contributed by atoms with Crippen LogP contribution in [0.1, 0.15) is 37.8 Å². The predicted molar refractivity (Wildman–Crippen MR) is 97.1 cm³/mol. The fourth-order valence-electron chi connectivity index (χ4n) is 3.06. The van der Waals surface area contributed by atoms with E-state index in [2.05, 4.69) is 61.0 Å². The molecule has 1 aromatic rings.